The molecule has 2 N–H and O–H groups in total. The van der Waals surface area contributed by atoms with Gasteiger partial charge in [-0.25, -0.2) is 13.2 Å². The summed E-state index contributed by atoms with van der Waals surface area (Å²) < 4.78 is 39.1. The zero-order chi connectivity index (χ0) is 15.6. The Labute approximate surface area is 119 Å². The second-order valence-corrected chi connectivity index (χ2v) is 4.66. The van der Waals surface area contributed by atoms with Crippen molar-refractivity contribution in [3.8, 4) is 0 Å². The molecule has 0 saturated carbocycles. The van der Waals surface area contributed by atoms with Crippen LogP contribution < -0.4 is 5.73 Å². The normalized spacial score (nSPS) is 10.5. The van der Waals surface area contributed by atoms with Gasteiger partial charge in [0.2, 0.25) is 0 Å². The maximum absolute atomic E-state index is 13.1. The van der Waals surface area contributed by atoms with Gasteiger partial charge < -0.3 is 10.6 Å². The first kappa shape index (κ1) is 14.9. The number of nitrogens with two attached hydrogens (primary N) is 1. The van der Waals surface area contributed by atoms with E-state index in [0.29, 0.717) is 17.8 Å². The molecule has 2 rings (SSSR count). The van der Waals surface area contributed by atoms with Gasteiger partial charge in [-0.1, -0.05) is 12.1 Å². The molecule has 0 heterocycles. The van der Waals surface area contributed by atoms with Crippen molar-refractivity contribution >= 4 is 11.6 Å². The summed E-state index contributed by atoms with van der Waals surface area (Å²) >= 11 is 0. The molecule has 0 bridgehead atoms. The van der Waals surface area contributed by atoms with E-state index in [1.165, 1.54) is 11.9 Å². The molecule has 0 aliphatic heterocycles. The molecule has 0 saturated heterocycles. The molecule has 110 valence electrons. The molecule has 0 aliphatic carbocycles. The Morgan fingerprint density at radius 2 is 1.62 bits per heavy atom. The van der Waals surface area contributed by atoms with Gasteiger partial charge in [0, 0.05) is 24.8 Å². The molecule has 0 spiro atoms. The zero-order valence-electron chi connectivity index (χ0n) is 11.2. The Bertz CT molecular complexity index is 648. The molecule has 0 fully saturated rings. The Morgan fingerprint density at radius 3 is 2.14 bits per heavy atom. The minimum absolute atomic E-state index is 0.236. The molecule has 6 heteroatoms. The highest BCUT2D eigenvalue weighted by Crippen LogP contribution is 2.16. The summed E-state index contributed by atoms with van der Waals surface area (Å²) in [5, 5.41) is 0. The second kappa shape index (κ2) is 5.87. The van der Waals surface area contributed by atoms with Crippen LogP contribution in [0.25, 0.3) is 0 Å². The van der Waals surface area contributed by atoms with Gasteiger partial charge in [0.05, 0.1) is 0 Å². The number of carbonyl (C=O) groups is 1. The summed E-state index contributed by atoms with van der Waals surface area (Å²) in [5.41, 5.74) is 6.71. The molecular formula is C15H13F3N2O. The minimum Gasteiger partial charge on any atom is -0.399 e. The van der Waals surface area contributed by atoms with Gasteiger partial charge in [0.1, 0.15) is 0 Å². The quantitative estimate of drug-likeness (QED) is 0.699. The number of nitrogens with zero attached hydrogens (tertiary/aromatic N) is 1. The van der Waals surface area contributed by atoms with Crippen molar-refractivity contribution in [2.75, 3.05) is 12.8 Å². The van der Waals surface area contributed by atoms with Gasteiger partial charge in [-0.05, 0) is 29.8 Å². The molecule has 0 aliphatic rings. The summed E-state index contributed by atoms with van der Waals surface area (Å²) in [6, 6.07) is 8.21. The number of halogens is 3. The Kier molecular flexibility index (Phi) is 4.16. The van der Waals surface area contributed by atoms with E-state index in [1.54, 1.807) is 24.3 Å². The number of anilines is 1. The van der Waals surface area contributed by atoms with E-state index in [0.717, 1.165) is 5.56 Å². The molecule has 1 amide bonds. The average molecular weight is 294 g/mol. The fraction of sp³-hybridized carbons (Fsp3) is 0.133. The summed E-state index contributed by atoms with van der Waals surface area (Å²) in [4.78, 5) is 13.4. The number of benzene rings is 2. The number of hydrogen-bond donors (Lipinski definition) is 1. The number of rotatable bonds is 3. The number of hydrogen-bond acceptors (Lipinski definition) is 2. The summed E-state index contributed by atoms with van der Waals surface area (Å²) in [6.07, 6.45) is 0. The van der Waals surface area contributed by atoms with Crippen LogP contribution in [0.1, 0.15) is 15.9 Å². The van der Waals surface area contributed by atoms with Crippen molar-refractivity contribution in [3.05, 3.63) is 65.0 Å². The smallest absolute Gasteiger partial charge is 0.254 e. The summed E-state index contributed by atoms with van der Waals surface area (Å²) in [6.45, 7) is 0.236. The van der Waals surface area contributed by atoms with Crippen LogP contribution in [0.4, 0.5) is 18.9 Å². The molecule has 2 aromatic rings. The second-order valence-electron chi connectivity index (χ2n) is 4.66. The average Bonchev–Trinajstić information content (AvgIpc) is 2.45. The van der Waals surface area contributed by atoms with Gasteiger partial charge in [0.15, 0.2) is 17.5 Å². The van der Waals surface area contributed by atoms with Crippen LogP contribution >= 0.6 is 0 Å². The van der Waals surface area contributed by atoms with Gasteiger partial charge in [0.25, 0.3) is 5.91 Å². The lowest BCUT2D eigenvalue weighted by molar-refractivity contribution is 0.0784. The molecular weight excluding hydrogens is 281 g/mol. The highest BCUT2D eigenvalue weighted by Gasteiger charge is 2.18. The first-order chi connectivity index (χ1) is 9.88. The van der Waals surface area contributed by atoms with Crippen LogP contribution in [0, 0.1) is 17.5 Å². The third kappa shape index (κ3) is 3.34. The van der Waals surface area contributed by atoms with E-state index in [1.807, 2.05) is 0 Å². The van der Waals surface area contributed by atoms with Crippen molar-refractivity contribution in [2.45, 2.75) is 6.54 Å². The molecule has 0 atom stereocenters. The van der Waals surface area contributed by atoms with Crippen molar-refractivity contribution in [1.82, 2.24) is 4.90 Å². The SMILES string of the molecule is CN(Cc1ccc(N)cc1)C(=O)c1cc(F)c(F)c(F)c1. The Hall–Kier alpha value is -2.50. The van der Waals surface area contributed by atoms with Crippen molar-refractivity contribution in [2.24, 2.45) is 0 Å². The molecule has 0 radical (unpaired) electrons. The van der Waals surface area contributed by atoms with Gasteiger partial charge >= 0.3 is 0 Å². The predicted octanol–water partition coefficient (Wildman–Crippen LogP) is 2.96. The topological polar surface area (TPSA) is 46.3 Å². The predicted molar refractivity (Wildman–Crippen MR) is 73.0 cm³/mol. The van der Waals surface area contributed by atoms with E-state index in [2.05, 4.69) is 0 Å². The van der Waals surface area contributed by atoms with E-state index in [4.69, 9.17) is 5.73 Å². The Morgan fingerprint density at radius 1 is 1.10 bits per heavy atom. The highest BCUT2D eigenvalue weighted by molar-refractivity contribution is 5.94. The van der Waals surface area contributed by atoms with Gasteiger partial charge in [-0.3, -0.25) is 4.79 Å². The van der Waals surface area contributed by atoms with E-state index < -0.39 is 23.4 Å². The number of carbonyl (C=O) groups excluding carboxylic acids is 1. The van der Waals surface area contributed by atoms with E-state index >= 15 is 0 Å². The molecule has 3 nitrogen and oxygen atoms in total. The monoisotopic (exact) mass is 294 g/mol. The lowest BCUT2D eigenvalue weighted by atomic mass is 10.1. The zero-order valence-corrected chi connectivity index (χ0v) is 11.2. The van der Waals surface area contributed by atoms with Crippen LogP contribution in [-0.4, -0.2) is 17.9 Å². The molecule has 2 aromatic carbocycles. The van der Waals surface area contributed by atoms with E-state index in [9.17, 15) is 18.0 Å². The lowest BCUT2D eigenvalue weighted by Crippen LogP contribution is -2.26. The lowest BCUT2D eigenvalue weighted by Gasteiger charge is -2.17. The number of nitrogen functional groups attached to an aromatic ring is 1. The van der Waals surface area contributed by atoms with Crippen LogP contribution in [0.15, 0.2) is 36.4 Å². The van der Waals surface area contributed by atoms with Crippen molar-refractivity contribution in [1.29, 1.82) is 0 Å². The first-order valence-corrected chi connectivity index (χ1v) is 6.13. The largest absolute Gasteiger partial charge is 0.399 e. The van der Waals surface area contributed by atoms with Gasteiger partial charge in [-0.2, -0.15) is 0 Å². The maximum atomic E-state index is 13.1. The maximum Gasteiger partial charge on any atom is 0.254 e. The summed E-state index contributed by atoms with van der Waals surface area (Å²) in [7, 11) is 1.48. The molecule has 0 aromatic heterocycles. The number of amides is 1. The van der Waals surface area contributed by atoms with Crippen LogP contribution in [-0.2, 0) is 6.54 Å². The van der Waals surface area contributed by atoms with Crippen molar-refractivity contribution < 1.29 is 18.0 Å². The highest BCUT2D eigenvalue weighted by atomic mass is 19.2. The fourth-order valence-electron chi connectivity index (χ4n) is 1.87. The summed E-state index contributed by atoms with van der Waals surface area (Å²) in [5.74, 6) is -4.98. The Balaban J connectivity index is 2.17. The minimum atomic E-state index is -1.59. The molecule has 21 heavy (non-hydrogen) atoms. The third-order valence-corrected chi connectivity index (χ3v) is 2.98. The van der Waals surface area contributed by atoms with Gasteiger partial charge in [-0.15, -0.1) is 0 Å². The van der Waals surface area contributed by atoms with Crippen LogP contribution in [0.5, 0.6) is 0 Å². The first-order valence-electron chi connectivity index (χ1n) is 6.13. The van der Waals surface area contributed by atoms with E-state index in [-0.39, 0.29) is 12.1 Å². The third-order valence-electron chi connectivity index (χ3n) is 2.98. The van der Waals surface area contributed by atoms with Crippen LogP contribution in [0.2, 0.25) is 0 Å². The fourth-order valence-corrected chi connectivity index (χ4v) is 1.87. The standard InChI is InChI=1S/C15H13F3N2O/c1-20(8-9-2-4-11(19)5-3-9)15(21)10-6-12(16)14(18)13(17)7-10/h2-7H,8,19H2,1H3. The molecule has 0 unspecified atom stereocenters. The van der Waals surface area contributed by atoms with Crippen molar-refractivity contribution in [3.63, 3.8) is 0 Å². The van der Waals surface area contributed by atoms with Crippen LogP contribution in [0.3, 0.4) is 0 Å².